The Hall–Kier alpha value is -3.16. The van der Waals surface area contributed by atoms with Gasteiger partial charge in [-0.2, -0.15) is 5.26 Å². The Morgan fingerprint density at radius 2 is 1.76 bits per heavy atom. The first kappa shape index (κ1) is 26.9. The minimum Gasteiger partial charge on any atom is -0.368 e. The van der Waals surface area contributed by atoms with E-state index in [2.05, 4.69) is 22.8 Å². The van der Waals surface area contributed by atoms with Gasteiger partial charge in [0, 0.05) is 50.5 Å². The highest BCUT2D eigenvalue weighted by molar-refractivity contribution is 8.26. The lowest BCUT2D eigenvalue weighted by atomic mass is 10.0. The second-order valence-electron chi connectivity index (χ2n) is 9.04. The number of carbonyl (C=O) groups excluding carboxylic acids is 1. The van der Waals surface area contributed by atoms with E-state index in [1.54, 1.807) is 34.6 Å². The van der Waals surface area contributed by atoms with E-state index in [-0.39, 0.29) is 22.8 Å². The minimum absolute atomic E-state index is 0.0864. The molecule has 3 heterocycles. The van der Waals surface area contributed by atoms with Crippen LogP contribution in [0.2, 0.25) is 0 Å². The molecular weight excluding hydrogens is 509 g/mol. The Bertz CT molecular complexity index is 1340. The molecule has 2 saturated heterocycles. The predicted octanol–water partition coefficient (Wildman–Crippen LogP) is 4.52. The lowest BCUT2D eigenvalue weighted by Gasteiger charge is -2.39. The van der Waals surface area contributed by atoms with Gasteiger partial charge in [0.1, 0.15) is 27.6 Å². The van der Waals surface area contributed by atoms with Crippen LogP contribution in [-0.2, 0) is 11.3 Å². The summed E-state index contributed by atoms with van der Waals surface area (Å²) in [6.45, 7) is 9.29. The van der Waals surface area contributed by atoms with E-state index in [9.17, 15) is 19.2 Å². The monoisotopic (exact) mass is 539 g/mol. The zero-order valence-electron chi connectivity index (χ0n) is 21.3. The number of thioether (sulfide) groups is 1. The van der Waals surface area contributed by atoms with Gasteiger partial charge in [0.25, 0.3) is 11.5 Å². The minimum atomic E-state index is -0.328. The number of hydrogen-bond acceptors (Lipinski definition) is 7. The fourth-order valence-corrected chi connectivity index (χ4v) is 6.04. The fourth-order valence-electron chi connectivity index (χ4n) is 4.75. The summed E-state index contributed by atoms with van der Waals surface area (Å²) in [5, 5.41) is 9.79. The van der Waals surface area contributed by atoms with Gasteiger partial charge in [-0.1, -0.05) is 37.3 Å². The number of hydrogen-bond donors (Lipinski definition) is 0. The van der Waals surface area contributed by atoms with Gasteiger partial charge in [-0.05, 0) is 56.2 Å². The topological polar surface area (TPSA) is 72.6 Å². The van der Waals surface area contributed by atoms with Crippen molar-refractivity contribution < 1.29 is 9.18 Å². The number of benzene rings is 1. The standard InChI is InChI=1S/C27H30FN5O2S2/c1-4-6-11-33-26(35)23(37-27(33)36)16-21-18(3)22(17-29)25(34)32(5-2)24(21)31-14-12-30(13-15-31)20-9-7-19(28)8-10-20/h7-10,16H,4-6,11-15H2,1-3H3/b23-16+. The van der Waals surface area contributed by atoms with Crippen LogP contribution in [-0.4, -0.2) is 52.4 Å². The lowest BCUT2D eigenvalue weighted by Crippen LogP contribution is -2.48. The van der Waals surface area contributed by atoms with Crippen molar-refractivity contribution in [3.8, 4) is 6.07 Å². The summed E-state index contributed by atoms with van der Waals surface area (Å²) in [5.41, 5.74) is 1.96. The highest BCUT2D eigenvalue weighted by atomic mass is 32.2. The summed E-state index contributed by atoms with van der Waals surface area (Å²) in [6, 6.07) is 8.52. The Morgan fingerprint density at radius 1 is 1.11 bits per heavy atom. The highest BCUT2D eigenvalue weighted by Gasteiger charge is 2.33. The highest BCUT2D eigenvalue weighted by Crippen LogP contribution is 2.36. The van der Waals surface area contributed by atoms with Crippen LogP contribution >= 0.6 is 24.0 Å². The van der Waals surface area contributed by atoms with Crippen molar-refractivity contribution >= 4 is 51.8 Å². The van der Waals surface area contributed by atoms with Crippen molar-refractivity contribution in [2.75, 3.05) is 42.5 Å². The molecule has 2 fully saturated rings. The first-order valence-corrected chi connectivity index (χ1v) is 13.7. The van der Waals surface area contributed by atoms with Gasteiger partial charge in [-0.3, -0.25) is 19.1 Å². The van der Waals surface area contributed by atoms with Gasteiger partial charge in [0.15, 0.2) is 0 Å². The molecule has 0 unspecified atom stereocenters. The second kappa shape index (κ2) is 11.5. The number of unbranched alkanes of at least 4 members (excludes halogenated alkanes) is 1. The summed E-state index contributed by atoms with van der Waals surface area (Å²) in [4.78, 5) is 32.9. The quantitative estimate of drug-likeness (QED) is 0.379. The smallest absolute Gasteiger partial charge is 0.270 e. The maximum atomic E-state index is 13.4. The Morgan fingerprint density at radius 3 is 2.35 bits per heavy atom. The Kier molecular flexibility index (Phi) is 8.35. The molecule has 194 valence electrons. The Labute approximate surface area is 226 Å². The number of nitriles is 1. The van der Waals surface area contributed by atoms with Crippen molar-refractivity contribution in [1.29, 1.82) is 5.26 Å². The molecule has 0 spiro atoms. The second-order valence-corrected chi connectivity index (χ2v) is 10.7. The molecule has 4 rings (SSSR count). The van der Waals surface area contributed by atoms with Crippen LogP contribution in [0.15, 0.2) is 34.0 Å². The van der Waals surface area contributed by atoms with Crippen LogP contribution in [0.1, 0.15) is 43.4 Å². The zero-order valence-corrected chi connectivity index (χ0v) is 22.9. The Balaban J connectivity index is 1.74. The van der Waals surface area contributed by atoms with E-state index in [0.29, 0.717) is 65.4 Å². The molecule has 0 radical (unpaired) electrons. The summed E-state index contributed by atoms with van der Waals surface area (Å²) in [7, 11) is 0. The van der Waals surface area contributed by atoms with Crippen LogP contribution in [0.3, 0.4) is 0 Å². The molecule has 10 heteroatoms. The van der Waals surface area contributed by atoms with Crippen LogP contribution in [0, 0.1) is 24.1 Å². The molecule has 2 aromatic rings. The number of halogens is 1. The average Bonchev–Trinajstić information content (AvgIpc) is 3.16. The van der Waals surface area contributed by atoms with Crippen LogP contribution in [0.4, 0.5) is 15.9 Å². The summed E-state index contributed by atoms with van der Waals surface area (Å²) in [5.74, 6) is 0.302. The van der Waals surface area contributed by atoms with E-state index in [4.69, 9.17) is 12.2 Å². The summed E-state index contributed by atoms with van der Waals surface area (Å²) in [6.07, 6.45) is 3.62. The molecule has 37 heavy (non-hydrogen) atoms. The normalized spacial score (nSPS) is 17.2. The van der Waals surface area contributed by atoms with Gasteiger partial charge < -0.3 is 9.80 Å². The van der Waals surface area contributed by atoms with Crippen molar-refractivity contribution in [1.82, 2.24) is 9.47 Å². The van der Waals surface area contributed by atoms with E-state index in [1.165, 1.54) is 23.9 Å². The number of pyridine rings is 1. The SMILES string of the molecule is CCCCN1C(=O)/C(=C\c2c(C)c(C#N)c(=O)n(CC)c2N2CCN(c3ccc(F)cc3)CC2)SC1=S. The van der Waals surface area contributed by atoms with Gasteiger partial charge in [-0.25, -0.2) is 4.39 Å². The number of piperazine rings is 1. The van der Waals surface area contributed by atoms with Crippen molar-refractivity contribution in [2.24, 2.45) is 0 Å². The van der Waals surface area contributed by atoms with Crippen molar-refractivity contribution in [2.45, 2.75) is 40.2 Å². The van der Waals surface area contributed by atoms with E-state index in [1.807, 2.05) is 6.92 Å². The van der Waals surface area contributed by atoms with Gasteiger partial charge in [0.05, 0.1) is 4.91 Å². The van der Waals surface area contributed by atoms with E-state index < -0.39 is 0 Å². The number of anilines is 2. The molecule has 0 bridgehead atoms. The number of rotatable bonds is 7. The maximum Gasteiger partial charge on any atom is 0.270 e. The molecule has 0 saturated carbocycles. The van der Waals surface area contributed by atoms with Gasteiger partial charge >= 0.3 is 0 Å². The average molecular weight is 540 g/mol. The molecule has 0 N–H and O–H groups in total. The third-order valence-corrected chi connectivity index (χ3v) is 8.20. The first-order chi connectivity index (χ1) is 17.8. The lowest BCUT2D eigenvalue weighted by molar-refractivity contribution is -0.122. The molecule has 7 nitrogen and oxygen atoms in total. The van der Waals surface area contributed by atoms with Crippen molar-refractivity contribution in [3.05, 3.63) is 62.0 Å². The summed E-state index contributed by atoms with van der Waals surface area (Å²) < 4.78 is 15.5. The third-order valence-electron chi connectivity index (χ3n) is 6.82. The van der Waals surface area contributed by atoms with E-state index in [0.717, 1.165) is 18.5 Å². The van der Waals surface area contributed by atoms with Crippen LogP contribution in [0.5, 0.6) is 0 Å². The zero-order chi connectivity index (χ0) is 26.7. The molecular formula is C27H30FN5O2S2. The van der Waals surface area contributed by atoms with Crippen LogP contribution < -0.4 is 15.4 Å². The predicted molar refractivity (Wildman–Crippen MR) is 151 cm³/mol. The van der Waals surface area contributed by atoms with Crippen LogP contribution in [0.25, 0.3) is 6.08 Å². The first-order valence-electron chi connectivity index (χ1n) is 12.5. The molecule has 1 aromatic heterocycles. The number of thiocarbonyl (C=S) groups is 1. The van der Waals surface area contributed by atoms with Gasteiger partial charge in [0.2, 0.25) is 0 Å². The van der Waals surface area contributed by atoms with Gasteiger partial charge in [-0.15, -0.1) is 0 Å². The molecule has 0 atom stereocenters. The third kappa shape index (κ3) is 5.29. The molecule has 1 amide bonds. The number of nitrogens with zero attached hydrogens (tertiary/aromatic N) is 5. The fraction of sp³-hybridized carbons (Fsp3) is 0.407. The molecule has 0 aliphatic carbocycles. The maximum absolute atomic E-state index is 13.4. The molecule has 2 aliphatic rings. The number of amides is 1. The molecule has 2 aliphatic heterocycles. The number of carbonyl (C=O) groups is 1. The number of aromatic nitrogens is 1. The summed E-state index contributed by atoms with van der Waals surface area (Å²) >= 11 is 6.74. The molecule has 1 aromatic carbocycles. The largest absolute Gasteiger partial charge is 0.368 e. The van der Waals surface area contributed by atoms with E-state index >= 15 is 0 Å². The van der Waals surface area contributed by atoms with Crippen molar-refractivity contribution in [3.63, 3.8) is 0 Å².